The number of carboxylic acids is 2. The predicted octanol–water partition coefficient (Wildman–Crippen LogP) is 0.553. The third-order valence-electron chi connectivity index (χ3n) is 2.32. The number of nitrogens with one attached hydrogen (secondary N) is 2. The van der Waals surface area contributed by atoms with E-state index >= 15 is 0 Å². The van der Waals surface area contributed by atoms with Crippen LogP contribution in [0.15, 0.2) is 24.3 Å². The lowest BCUT2D eigenvalue weighted by atomic mass is 10.2. The molecule has 0 aliphatic rings. The van der Waals surface area contributed by atoms with Gasteiger partial charge in [-0.15, -0.1) is 0 Å². The first-order chi connectivity index (χ1) is 9.38. The molecule has 1 aromatic rings. The van der Waals surface area contributed by atoms with Gasteiger partial charge in [-0.3, -0.25) is 4.79 Å². The summed E-state index contributed by atoms with van der Waals surface area (Å²) in [6.07, 6.45) is -0.733. The largest absolute Gasteiger partial charge is 0.481 e. The number of carbonyl (C=O) groups is 3. The maximum atomic E-state index is 12.9. The molecule has 7 nitrogen and oxygen atoms in total. The summed E-state index contributed by atoms with van der Waals surface area (Å²) in [5, 5.41) is 21.6. The molecule has 0 unspecified atom stereocenters. The molecule has 1 aromatic carbocycles. The second kappa shape index (κ2) is 7.07. The summed E-state index contributed by atoms with van der Waals surface area (Å²) in [6.45, 7) is -0.0109. The highest BCUT2D eigenvalue weighted by atomic mass is 19.1. The average molecular weight is 284 g/mol. The molecule has 20 heavy (non-hydrogen) atoms. The Morgan fingerprint density at radius 3 is 2.50 bits per heavy atom. The minimum absolute atomic E-state index is 0.0109. The monoisotopic (exact) mass is 284 g/mol. The molecule has 0 fully saturated rings. The quantitative estimate of drug-likeness (QED) is 0.609. The van der Waals surface area contributed by atoms with E-state index in [0.717, 1.165) is 0 Å². The fourth-order valence-corrected chi connectivity index (χ4v) is 1.41. The van der Waals surface area contributed by atoms with E-state index in [4.69, 9.17) is 10.2 Å². The molecule has 2 amide bonds. The fraction of sp³-hybridized carbons (Fsp3) is 0.250. The van der Waals surface area contributed by atoms with Gasteiger partial charge in [-0.05, 0) is 17.7 Å². The Morgan fingerprint density at radius 2 is 1.95 bits per heavy atom. The maximum absolute atomic E-state index is 12.9. The minimum atomic E-state index is -1.53. The van der Waals surface area contributed by atoms with Crippen LogP contribution in [0.1, 0.15) is 12.0 Å². The lowest BCUT2D eigenvalue weighted by Crippen LogP contribution is -2.46. The highest BCUT2D eigenvalue weighted by Crippen LogP contribution is 2.02. The van der Waals surface area contributed by atoms with Crippen molar-refractivity contribution in [2.75, 3.05) is 0 Å². The summed E-state index contributed by atoms with van der Waals surface area (Å²) in [5.41, 5.74) is 0.491. The Bertz CT molecular complexity index is 520. The van der Waals surface area contributed by atoms with Crippen molar-refractivity contribution in [1.82, 2.24) is 10.6 Å². The smallest absolute Gasteiger partial charge is 0.326 e. The van der Waals surface area contributed by atoms with Gasteiger partial charge in [-0.1, -0.05) is 12.1 Å². The average Bonchev–Trinajstić information content (AvgIpc) is 2.35. The van der Waals surface area contributed by atoms with Crippen LogP contribution in [0.3, 0.4) is 0 Å². The minimum Gasteiger partial charge on any atom is -0.481 e. The number of carbonyl (C=O) groups excluding carboxylic acids is 1. The number of urea groups is 1. The van der Waals surface area contributed by atoms with Crippen molar-refractivity contribution in [1.29, 1.82) is 0 Å². The zero-order valence-electron chi connectivity index (χ0n) is 10.3. The summed E-state index contributed by atoms with van der Waals surface area (Å²) in [7, 11) is 0. The molecule has 0 saturated carbocycles. The molecule has 0 saturated heterocycles. The summed E-state index contributed by atoms with van der Waals surface area (Å²) >= 11 is 0. The van der Waals surface area contributed by atoms with Crippen LogP contribution in [-0.4, -0.2) is 34.2 Å². The number of hydrogen-bond donors (Lipinski definition) is 4. The molecule has 0 spiro atoms. The van der Waals surface area contributed by atoms with Gasteiger partial charge in [0.15, 0.2) is 0 Å². The van der Waals surface area contributed by atoms with Crippen molar-refractivity contribution in [3.05, 3.63) is 35.6 Å². The maximum Gasteiger partial charge on any atom is 0.326 e. The van der Waals surface area contributed by atoms with Crippen LogP contribution < -0.4 is 10.6 Å². The van der Waals surface area contributed by atoms with Crippen molar-refractivity contribution >= 4 is 18.0 Å². The SMILES string of the molecule is O=C(O)C[C@H](NC(=O)NCc1cccc(F)c1)C(=O)O. The summed E-state index contributed by atoms with van der Waals surface area (Å²) in [6, 6.07) is 3.13. The molecule has 0 aliphatic carbocycles. The molecule has 0 bridgehead atoms. The lowest BCUT2D eigenvalue weighted by Gasteiger charge is -2.13. The fourth-order valence-electron chi connectivity index (χ4n) is 1.41. The van der Waals surface area contributed by atoms with Gasteiger partial charge in [-0.2, -0.15) is 0 Å². The molecule has 0 aliphatic heterocycles. The zero-order chi connectivity index (χ0) is 15.1. The molecule has 108 valence electrons. The van der Waals surface area contributed by atoms with E-state index in [1.165, 1.54) is 18.2 Å². The van der Waals surface area contributed by atoms with Crippen LogP contribution >= 0.6 is 0 Å². The zero-order valence-corrected chi connectivity index (χ0v) is 10.3. The summed E-state index contributed by atoms with van der Waals surface area (Å²) < 4.78 is 12.9. The van der Waals surface area contributed by atoms with Crippen molar-refractivity contribution in [3.8, 4) is 0 Å². The Hall–Kier alpha value is -2.64. The molecule has 0 radical (unpaired) electrons. The van der Waals surface area contributed by atoms with Crippen LogP contribution in [0.2, 0.25) is 0 Å². The number of rotatable bonds is 6. The third kappa shape index (κ3) is 5.34. The Labute approximate surface area is 113 Å². The molecule has 0 aromatic heterocycles. The van der Waals surface area contributed by atoms with Crippen LogP contribution in [0.25, 0.3) is 0 Å². The number of benzene rings is 1. The number of aliphatic carboxylic acids is 2. The standard InChI is InChI=1S/C12H13FN2O5/c13-8-3-1-2-7(4-8)6-14-12(20)15-9(11(18)19)5-10(16)17/h1-4,9H,5-6H2,(H,16,17)(H,18,19)(H2,14,15,20)/t9-/m0/s1. The first-order valence-corrected chi connectivity index (χ1v) is 5.62. The Morgan fingerprint density at radius 1 is 1.25 bits per heavy atom. The lowest BCUT2D eigenvalue weighted by molar-refractivity contribution is -0.145. The van der Waals surface area contributed by atoms with Crippen molar-refractivity contribution in [2.24, 2.45) is 0 Å². The highest BCUT2D eigenvalue weighted by Gasteiger charge is 2.22. The Balaban J connectivity index is 2.49. The first-order valence-electron chi connectivity index (χ1n) is 5.62. The number of carboxylic acid groups (broad SMARTS) is 2. The van der Waals surface area contributed by atoms with Gasteiger partial charge in [0, 0.05) is 6.54 Å². The van der Waals surface area contributed by atoms with E-state index in [0.29, 0.717) is 5.56 Å². The molecule has 0 heterocycles. The van der Waals surface area contributed by atoms with Gasteiger partial charge >= 0.3 is 18.0 Å². The molecule has 1 atom stereocenters. The summed E-state index contributed by atoms with van der Waals surface area (Å²) in [4.78, 5) is 32.6. The van der Waals surface area contributed by atoms with Gasteiger partial charge in [0.2, 0.25) is 0 Å². The number of amides is 2. The highest BCUT2D eigenvalue weighted by molar-refractivity contribution is 5.86. The van der Waals surface area contributed by atoms with Gasteiger partial charge in [0.1, 0.15) is 11.9 Å². The van der Waals surface area contributed by atoms with Gasteiger partial charge in [0.25, 0.3) is 0 Å². The molecule has 8 heteroatoms. The van der Waals surface area contributed by atoms with Crippen LogP contribution in [0.5, 0.6) is 0 Å². The Kier molecular flexibility index (Phi) is 5.45. The topological polar surface area (TPSA) is 116 Å². The second-order valence-electron chi connectivity index (χ2n) is 3.95. The third-order valence-corrected chi connectivity index (χ3v) is 2.32. The van der Waals surface area contributed by atoms with E-state index in [1.807, 2.05) is 5.32 Å². The normalized spacial score (nSPS) is 11.4. The first kappa shape index (κ1) is 15.4. The molecular formula is C12H13FN2O5. The van der Waals surface area contributed by atoms with Crippen molar-refractivity contribution in [3.63, 3.8) is 0 Å². The van der Waals surface area contributed by atoms with E-state index in [9.17, 15) is 18.8 Å². The van der Waals surface area contributed by atoms with Crippen LogP contribution in [-0.2, 0) is 16.1 Å². The number of halogens is 1. The summed E-state index contributed by atoms with van der Waals surface area (Å²) in [5.74, 6) is -3.25. The molecular weight excluding hydrogens is 271 g/mol. The van der Waals surface area contributed by atoms with Crippen LogP contribution in [0.4, 0.5) is 9.18 Å². The van der Waals surface area contributed by atoms with E-state index < -0.39 is 36.2 Å². The molecule has 1 rings (SSSR count). The van der Waals surface area contributed by atoms with E-state index in [1.54, 1.807) is 6.07 Å². The van der Waals surface area contributed by atoms with Crippen molar-refractivity contribution < 1.29 is 29.0 Å². The van der Waals surface area contributed by atoms with E-state index in [2.05, 4.69) is 5.32 Å². The van der Waals surface area contributed by atoms with Crippen LogP contribution in [0, 0.1) is 5.82 Å². The van der Waals surface area contributed by atoms with Crippen molar-refractivity contribution in [2.45, 2.75) is 19.0 Å². The van der Waals surface area contributed by atoms with E-state index in [-0.39, 0.29) is 6.54 Å². The molecule has 4 N–H and O–H groups in total. The predicted molar refractivity (Wildman–Crippen MR) is 65.4 cm³/mol. The number of hydrogen-bond acceptors (Lipinski definition) is 3. The van der Waals surface area contributed by atoms with Gasteiger partial charge in [0.05, 0.1) is 6.42 Å². The van der Waals surface area contributed by atoms with Gasteiger partial charge < -0.3 is 20.8 Å². The second-order valence-corrected chi connectivity index (χ2v) is 3.95. The van der Waals surface area contributed by atoms with Gasteiger partial charge in [-0.25, -0.2) is 14.0 Å².